The highest BCUT2D eigenvalue weighted by atomic mass is 32.2. The first-order valence-corrected chi connectivity index (χ1v) is 9.76. The van der Waals surface area contributed by atoms with Crippen molar-refractivity contribution in [1.29, 1.82) is 0 Å². The van der Waals surface area contributed by atoms with Gasteiger partial charge in [0.2, 0.25) is 0 Å². The molecule has 1 atom stereocenters. The molecule has 2 N–H and O–H groups in total. The number of methoxy groups -OCH3 is 1. The molecular weight excluding hydrogens is 338 g/mol. The van der Waals surface area contributed by atoms with E-state index in [-0.39, 0.29) is 5.56 Å². The van der Waals surface area contributed by atoms with Crippen molar-refractivity contribution in [1.82, 2.24) is 4.57 Å². The summed E-state index contributed by atoms with van der Waals surface area (Å²) in [5.74, 6) is 1.31. The lowest BCUT2D eigenvalue weighted by molar-refractivity contribution is 0.417. The number of aromatic nitrogens is 1. The van der Waals surface area contributed by atoms with Crippen LogP contribution in [0.3, 0.4) is 0 Å². The summed E-state index contributed by atoms with van der Waals surface area (Å²) in [7, 11) is 2.12. The Labute approximate surface area is 149 Å². The number of hydrogen-bond donors (Lipinski definition) is 2. The van der Waals surface area contributed by atoms with Gasteiger partial charge in [-0.15, -0.1) is 0 Å². The second-order valence-electron chi connectivity index (χ2n) is 6.35. The zero-order chi connectivity index (χ0) is 18.0. The lowest BCUT2D eigenvalue weighted by Crippen LogP contribution is -2.21. The molecule has 1 aliphatic carbocycles. The molecule has 0 amide bonds. The molecule has 0 spiro atoms. The molecule has 0 bridgehead atoms. The Kier molecular flexibility index (Phi) is 5.13. The van der Waals surface area contributed by atoms with Gasteiger partial charge in [-0.1, -0.05) is 6.07 Å². The molecule has 0 saturated heterocycles. The monoisotopic (exact) mass is 361 g/mol. The molecule has 6 nitrogen and oxygen atoms in total. The van der Waals surface area contributed by atoms with Crippen molar-refractivity contribution in [2.45, 2.75) is 12.8 Å². The number of benzene rings is 1. The number of nitrogens with one attached hydrogen (secondary N) is 2. The Hall–Kier alpha value is -2.28. The predicted octanol–water partition coefficient (Wildman–Crippen LogP) is 2.59. The van der Waals surface area contributed by atoms with E-state index in [0.717, 1.165) is 17.7 Å². The Morgan fingerprint density at radius 2 is 1.96 bits per heavy atom. The maximum atomic E-state index is 12.3. The van der Waals surface area contributed by atoms with Crippen molar-refractivity contribution in [3.63, 3.8) is 0 Å². The maximum absolute atomic E-state index is 12.3. The summed E-state index contributed by atoms with van der Waals surface area (Å²) in [6, 6.07) is 7.50. The van der Waals surface area contributed by atoms with E-state index in [2.05, 4.69) is 10.0 Å². The number of nitrogens with zero attached hydrogens (tertiary/aromatic N) is 1. The SMILES string of the molecule is COc1ccc(-c2cc(NCC3CC3)c(=O)n(C)c2)cc1NS(C)=O. The van der Waals surface area contributed by atoms with Crippen LogP contribution in [0.1, 0.15) is 12.8 Å². The van der Waals surface area contributed by atoms with E-state index in [4.69, 9.17) is 4.74 Å². The molecule has 1 fully saturated rings. The van der Waals surface area contributed by atoms with E-state index in [1.165, 1.54) is 12.8 Å². The molecule has 1 aliphatic rings. The largest absolute Gasteiger partial charge is 0.495 e. The van der Waals surface area contributed by atoms with E-state index in [1.54, 1.807) is 31.2 Å². The van der Waals surface area contributed by atoms with E-state index in [9.17, 15) is 9.00 Å². The highest BCUT2D eigenvalue weighted by Gasteiger charge is 2.21. The van der Waals surface area contributed by atoms with Gasteiger partial charge < -0.3 is 19.3 Å². The number of anilines is 2. The lowest BCUT2D eigenvalue weighted by atomic mass is 10.1. The minimum Gasteiger partial charge on any atom is -0.495 e. The summed E-state index contributed by atoms with van der Waals surface area (Å²) >= 11 is 0. The van der Waals surface area contributed by atoms with Gasteiger partial charge in [-0.05, 0) is 42.5 Å². The van der Waals surface area contributed by atoms with E-state index < -0.39 is 11.0 Å². The van der Waals surface area contributed by atoms with Gasteiger partial charge in [0.05, 0.1) is 12.8 Å². The third kappa shape index (κ3) is 4.22. The van der Waals surface area contributed by atoms with E-state index >= 15 is 0 Å². The summed E-state index contributed by atoms with van der Waals surface area (Å²) in [6.45, 7) is 0.836. The van der Waals surface area contributed by atoms with Crippen LogP contribution in [0.25, 0.3) is 11.1 Å². The molecular formula is C18H23N3O3S. The maximum Gasteiger partial charge on any atom is 0.273 e. The number of aryl methyl sites for hydroxylation is 1. The molecule has 1 aromatic carbocycles. The first-order chi connectivity index (χ1) is 12.0. The van der Waals surface area contributed by atoms with Crippen molar-refractivity contribution in [2.24, 2.45) is 13.0 Å². The molecule has 1 heterocycles. The molecule has 1 saturated carbocycles. The minimum absolute atomic E-state index is 0.0362. The summed E-state index contributed by atoms with van der Waals surface area (Å²) in [6.07, 6.45) is 5.83. The van der Waals surface area contributed by atoms with E-state index in [0.29, 0.717) is 23.0 Å². The first-order valence-electron chi connectivity index (χ1n) is 8.21. The molecule has 1 unspecified atom stereocenters. The van der Waals surface area contributed by atoms with Crippen molar-refractivity contribution < 1.29 is 8.95 Å². The Morgan fingerprint density at radius 3 is 2.60 bits per heavy atom. The molecule has 7 heteroatoms. The minimum atomic E-state index is -1.20. The molecule has 3 rings (SSSR count). The third-order valence-corrected chi connectivity index (χ3v) is 4.76. The molecule has 0 radical (unpaired) electrons. The van der Waals surface area contributed by atoms with Gasteiger partial charge in [0.25, 0.3) is 5.56 Å². The summed E-state index contributed by atoms with van der Waals surface area (Å²) in [5, 5.41) is 3.27. The van der Waals surface area contributed by atoms with Gasteiger partial charge in [-0.3, -0.25) is 4.79 Å². The molecule has 0 aliphatic heterocycles. The van der Waals surface area contributed by atoms with Gasteiger partial charge in [0.15, 0.2) is 0 Å². The highest BCUT2D eigenvalue weighted by molar-refractivity contribution is 7.85. The fourth-order valence-corrected chi connectivity index (χ4v) is 3.16. The Balaban J connectivity index is 1.97. The quantitative estimate of drug-likeness (QED) is 0.795. The second kappa shape index (κ2) is 7.31. The van der Waals surface area contributed by atoms with Crippen LogP contribution in [0, 0.1) is 5.92 Å². The first kappa shape index (κ1) is 17.5. The van der Waals surface area contributed by atoms with Gasteiger partial charge in [0, 0.05) is 31.6 Å². The Bertz CT molecular complexity index is 859. The lowest BCUT2D eigenvalue weighted by Gasteiger charge is -2.13. The van der Waals surface area contributed by atoms with Crippen LogP contribution in [0.2, 0.25) is 0 Å². The Morgan fingerprint density at radius 1 is 1.24 bits per heavy atom. The fourth-order valence-electron chi connectivity index (χ4n) is 2.69. The summed E-state index contributed by atoms with van der Waals surface area (Å²) < 4.78 is 21.3. The van der Waals surface area contributed by atoms with Crippen LogP contribution in [-0.2, 0) is 18.0 Å². The van der Waals surface area contributed by atoms with Gasteiger partial charge in [-0.2, -0.15) is 0 Å². The summed E-state index contributed by atoms with van der Waals surface area (Å²) in [5.41, 5.74) is 3.05. The van der Waals surface area contributed by atoms with E-state index in [1.807, 2.05) is 24.3 Å². The second-order valence-corrected chi connectivity index (χ2v) is 7.47. The van der Waals surface area contributed by atoms with Gasteiger partial charge in [-0.25, -0.2) is 4.21 Å². The molecule has 1 aromatic heterocycles. The molecule has 25 heavy (non-hydrogen) atoms. The third-order valence-electron chi connectivity index (χ3n) is 4.25. The molecule has 2 aromatic rings. The van der Waals surface area contributed by atoms with Crippen LogP contribution in [0.15, 0.2) is 35.3 Å². The van der Waals surface area contributed by atoms with Crippen molar-refractivity contribution >= 4 is 22.4 Å². The molecule has 134 valence electrons. The van der Waals surface area contributed by atoms with Gasteiger partial charge in [0.1, 0.15) is 22.4 Å². The average Bonchev–Trinajstić information content (AvgIpc) is 3.40. The number of hydrogen-bond acceptors (Lipinski definition) is 4. The standard InChI is InChI=1S/C18H23N3O3S/c1-21-11-14(9-16(18(21)22)19-10-12-4-5-12)13-6-7-17(24-2)15(8-13)20-25(3)23/h6-9,11-12,19-20H,4-5,10H2,1-3H3. The zero-order valence-corrected chi connectivity index (χ0v) is 15.5. The van der Waals surface area contributed by atoms with Crippen molar-refractivity contribution in [3.05, 3.63) is 40.8 Å². The highest BCUT2D eigenvalue weighted by Crippen LogP contribution is 2.32. The van der Waals surface area contributed by atoms with Crippen LogP contribution >= 0.6 is 0 Å². The number of ether oxygens (including phenoxy) is 1. The number of pyridine rings is 1. The van der Waals surface area contributed by atoms with Gasteiger partial charge >= 0.3 is 0 Å². The predicted molar refractivity (Wildman–Crippen MR) is 103 cm³/mol. The van der Waals surface area contributed by atoms with Crippen LogP contribution in [0.5, 0.6) is 5.75 Å². The summed E-state index contributed by atoms with van der Waals surface area (Å²) in [4.78, 5) is 12.3. The number of rotatable bonds is 7. The van der Waals surface area contributed by atoms with Crippen molar-refractivity contribution in [2.75, 3.05) is 29.9 Å². The topological polar surface area (TPSA) is 72.4 Å². The normalized spacial score (nSPS) is 14.8. The van der Waals surface area contributed by atoms with Crippen LogP contribution in [-0.4, -0.2) is 28.7 Å². The van der Waals surface area contributed by atoms with Crippen molar-refractivity contribution in [3.8, 4) is 16.9 Å². The van der Waals surface area contributed by atoms with Crippen LogP contribution < -0.4 is 20.3 Å². The average molecular weight is 361 g/mol. The smallest absolute Gasteiger partial charge is 0.273 e. The van der Waals surface area contributed by atoms with Crippen LogP contribution in [0.4, 0.5) is 11.4 Å². The fraction of sp³-hybridized carbons (Fsp3) is 0.389. The zero-order valence-electron chi connectivity index (χ0n) is 14.7.